The number of ether oxygens (including phenoxy) is 1. The van der Waals surface area contributed by atoms with Crippen molar-refractivity contribution in [2.75, 3.05) is 0 Å². The van der Waals surface area contributed by atoms with Crippen molar-refractivity contribution in [2.45, 2.75) is 32.9 Å². The third-order valence-corrected chi connectivity index (χ3v) is 3.34. The molecule has 0 aliphatic heterocycles. The molecule has 6 nitrogen and oxygen atoms in total. The Morgan fingerprint density at radius 2 is 1.79 bits per heavy atom. The second kappa shape index (κ2) is 7.59. The van der Waals surface area contributed by atoms with E-state index in [0.717, 1.165) is 11.3 Å². The molecule has 126 valence electrons. The molecule has 1 amide bonds. The molecule has 1 aromatic heterocycles. The number of carbonyl (C=O) groups is 2. The van der Waals surface area contributed by atoms with Crippen LogP contribution >= 0.6 is 0 Å². The molecule has 1 aromatic carbocycles. The van der Waals surface area contributed by atoms with Crippen molar-refractivity contribution < 1.29 is 19.4 Å². The van der Waals surface area contributed by atoms with Crippen LogP contribution in [0.5, 0.6) is 5.75 Å². The number of aromatic nitrogens is 1. The molecule has 2 N–H and O–H groups in total. The fraction of sp³-hybridized carbons (Fsp3) is 0.278. The highest BCUT2D eigenvalue weighted by Gasteiger charge is 2.14. The second-order valence-corrected chi connectivity index (χ2v) is 5.67. The first-order chi connectivity index (χ1) is 11.4. The average Bonchev–Trinajstić information content (AvgIpc) is 2.55. The number of nitrogens with zero attached hydrogens (tertiary/aromatic N) is 1. The van der Waals surface area contributed by atoms with Crippen LogP contribution in [0, 0.1) is 0 Å². The fourth-order valence-corrected chi connectivity index (χ4v) is 2.16. The Bertz CT molecular complexity index is 726. The molecule has 1 atom stereocenters. The van der Waals surface area contributed by atoms with Crippen LogP contribution in [-0.4, -0.2) is 28.1 Å². The molecule has 0 saturated carbocycles. The molecule has 0 aliphatic rings. The number of carboxylic acid groups (broad SMARTS) is 1. The molecule has 1 unspecified atom stereocenters. The van der Waals surface area contributed by atoms with E-state index in [0.29, 0.717) is 0 Å². The van der Waals surface area contributed by atoms with Gasteiger partial charge in [-0.25, -0.2) is 9.78 Å². The molecular formula is C18H20N2O4. The van der Waals surface area contributed by atoms with E-state index in [1.807, 2.05) is 45.0 Å². The van der Waals surface area contributed by atoms with Crippen LogP contribution < -0.4 is 10.1 Å². The van der Waals surface area contributed by atoms with Gasteiger partial charge < -0.3 is 15.2 Å². The van der Waals surface area contributed by atoms with E-state index in [-0.39, 0.29) is 29.3 Å². The molecule has 0 saturated heterocycles. The predicted molar refractivity (Wildman–Crippen MR) is 89.3 cm³/mol. The van der Waals surface area contributed by atoms with Crippen LogP contribution in [0.1, 0.15) is 53.2 Å². The maximum atomic E-state index is 12.3. The summed E-state index contributed by atoms with van der Waals surface area (Å²) in [7, 11) is 0. The lowest BCUT2D eigenvalue weighted by atomic mass is 10.1. The van der Waals surface area contributed by atoms with Gasteiger partial charge in [0.15, 0.2) is 0 Å². The van der Waals surface area contributed by atoms with Crippen LogP contribution in [0.15, 0.2) is 42.6 Å². The molecule has 0 fully saturated rings. The summed E-state index contributed by atoms with van der Waals surface area (Å²) in [6, 6.07) is 9.99. The summed E-state index contributed by atoms with van der Waals surface area (Å²) in [5, 5.41) is 11.8. The summed E-state index contributed by atoms with van der Waals surface area (Å²) < 4.78 is 5.59. The summed E-state index contributed by atoms with van der Waals surface area (Å²) in [5.41, 5.74) is 1.02. The minimum absolute atomic E-state index is 0.100. The van der Waals surface area contributed by atoms with Crippen molar-refractivity contribution in [3.05, 3.63) is 59.4 Å². The minimum Gasteiger partial charge on any atom is -0.491 e. The molecule has 24 heavy (non-hydrogen) atoms. The van der Waals surface area contributed by atoms with E-state index < -0.39 is 5.97 Å². The van der Waals surface area contributed by atoms with Crippen LogP contribution in [0.25, 0.3) is 0 Å². The fourth-order valence-electron chi connectivity index (χ4n) is 2.16. The molecular weight excluding hydrogens is 308 g/mol. The van der Waals surface area contributed by atoms with Gasteiger partial charge in [-0.2, -0.15) is 0 Å². The van der Waals surface area contributed by atoms with Gasteiger partial charge >= 0.3 is 5.97 Å². The summed E-state index contributed by atoms with van der Waals surface area (Å²) in [6.07, 6.45) is 1.41. The van der Waals surface area contributed by atoms with Crippen molar-refractivity contribution >= 4 is 11.9 Å². The lowest BCUT2D eigenvalue weighted by molar-refractivity contribution is 0.0690. The van der Waals surface area contributed by atoms with Crippen molar-refractivity contribution in [1.29, 1.82) is 0 Å². The number of amides is 1. The first-order valence-corrected chi connectivity index (χ1v) is 7.63. The summed E-state index contributed by atoms with van der Waals surface area (Å²) in [6.45, 7) is 5.77. The second-order valence-electron chi connectivity index (χ2n) is 5.67. The molecule has 0 radical (unpaired) electrons. The number of rotatable bonds is 6. The summed E-state index contributed by atoms with van der Waals surface area (Å²) in [4.78, 5) is 26.9. The highest BCUT2D eigenvalue weighted by molar-refractivity contribution is 5.96. The summed E-state index contributed by atoms with van der Waals surface area (Å²) >= 11 is 0. The number of carboxylic acids is 1. The van der Waals surface area contributed by atoms with Crippen molar-refractivity contribution in [3.63, 3.8) is 0 Å². The van der Waals surface area contributed by atoms with Gasteiger partial charge in [0, 0.05) is 11.8 Å². The molecule has 6 heteroatoms. The van der Waals surface area contributed by atoms with Gasteiger partial charge in [-0.3, -0.25) is 4.79 Å². The number of carbonyl (C=O) groups excluding carboxylic acids is 1. The zero-order chi connectivity index (χ0) is 17.7. The van der Waals surface area contributed by atoms with E-state index in [2.05, 4.69) is 10.3 Å². The van der Waals surface area contributed by atoms with Crippen molar-refractivity contribution in [2.24, 2.45) is 0 Å². The third kappa shape index (κ3) is 4.55. The van der Waals surface area contributed by atoms with E-state index >= 15 is 0 Å². The van der Waals surface area contributed by atoms with Gasteiger partial charge in [-0.1, -0.05) is 12.1 Å². The number of benzene rings is 1. The smallest absolute Gasteiger partial charge is 0.354 e. The SMILES string of the molecule is CC(C)Oc1ccc(C(C)NC(=O)c2ccnc(C(=O)O)c2)cc1. The molecule has 2 rings (SSSR count). The monoisotopic (exact) mass is 328 g/mol. The average molecular weight is 328 g/mol. The van der Waals surface area contributed by atoms with Gasteiger partial charge in [0.05, 0.1) is 12.1 Å². The highest BCUT2D eigenvalue weighted by Crippen LogP contribution is 2.19. The first kappa shape index (κ1) is 17.5. The van der Waals surface area contributed by atoms with Crippen molar-refractivity contribution in [3.8, 4) is 5.75 Å². The van der Waals surface area contributed by atoms with E-state index in [4.69, 9.17) is 9.84 Å². The Morgan fingerprint density at radius 1 is 1.12 bits per heavy atom. The number of hydrogen-bond donors (Lipinski definition) is 2. The van der Waals surface area contributed by atoms with Crippen molar-refractivity contribution in [1.82, 2.24) is 10.3 Å². The summed E-state index contributed by atoms with van der Waals surface area (Å²) in [5.74, 6) is -0.749. The Hall–Kier alpha value is -2.89. The molecule has 1 heterocycles. The number of pyridine rings is 1. The topological polar surface area (TPSA) is 88.5 Å². The van der Waals surface area contributed by atoms with E-state index in [1.54, 1.807) is 0 Å². The van der Waals surface area contributed by atoms with Crippen LogP contribution in [0.4, 0.5) is 0 Å². The third-order valence-electron chi connectivity index (χ3n) is 3.34. The quantitative estimate of drug-likeness (QED) is 0.851. The van der Waals surface area contributed by atoms with E-state index in [1.165, 1.54) is 18.3 Å². The first-order valence-electron chi connectivity index (χ1n) is 7.63. The molecule has 2 aromatic rings. The lowest BCUT2D eigenvalue weighted by Crippen LogP contribution is -2.27. The van der Waals surface area contributed by atoms with Gasteiger partial charge in [0.25, 0.3) is 5.91 Å². The maximum Gasteiger partial charge on any atom is 0.354 e. The maximum absolute atomic E-state index is 12.3. The highest BCUT2D eigenvalue weighted by atomic mass is 16.5. The Kier molecular flexibility index (Phi) is 5.52. The molecule has 0 aliphatic carbocycles. The Morgan fingerprint density at radius 3 is 2.38 bits per heavy atom. The van der Waals surface area contributed by atoms with E-state index in [9.17, 15) is 9.59 Å². The largest absolute Gasteiger partial charge is 0.491 e. The number of nitrogens with one attached hydrogen (secondary N) is 1. The zero-order valence-electron chi connectivity index (χ0n) is 13.8. The zero-order valence-corrected chi connectivity index (χ0v) is 13.8. The van der Waals surface area contributed by atoms with Gasteiger partial charge in [-0.15, -0.1) is 0 Å². The predicted octanol–water partition coefficient (Wildman–Crippen LogP) is 3.06. The molecule has 0 spiro atoms. The van der Waals surface area contributed by atoms with Crippen LogP contribution in [-0.2, 0) is 0 Å². The number of aromatic carboxylic acids is 1. The Balaban J connectivity index is 2.05. The van der Waals surface area contributed by atoms with Crippen LogP contribution in [0.3, 0.4) is 0 Å². The molecule has 0 bridgehead atoms. The normalized spacial score (nSPS) is 11.8. The van der Waals surface area contributed by atoms with Crippen LogP contribution in [0.2, 0.25) is 0 Å². The lowest BCUT2D eigenvalue weighted by Gasteiger charge is -2.16. The Labute approximate surface area is 140 Å². The standard InChI is InChI=1S/C18H20N2O4/c1-11(2)24-15-6-4-13(5-7-15)12(3)20-17(21)14-8-9-19-16(10-14)18(22)23/h4-12H,1-3H3,(H,20,21)(H,22,23). The van der Waals surface area contributed by atoms with Gasteiger partial charge in [-0.05, 0) is 50.6 Å². The number of hydrogen-bond acceptors (Lipinski definition) is 4. The minimum atomic E-state index is -1.17. The van der Waals surface area contributed by atoms with Gasteiger partial charge in [0.2, 0.25) is 0 Å². The van der Waals surface area contributed by atoms with Gasteiger partial charge in [0.1, 0.15) is 11.4 Å².